The Labute approximate surface area is 108 Å². The van der Waals surface area contributed by atoms with Crippen LogP contribution in [-0.2, 0) is 0 Å². The standard InChI is InChI=1S/C7H5N3O.C6H7NO/c11-4-5-1-2-6-7(3-5)9-10-8-6;7-5-1-3-6(8)4-2-5/h1-4H,(H,8,9,10);1-4,8H,7H2. The van der Waals surface area contributed by atoms with Gasteiger partial charge in [0.05, 0.1) is 0 Å². The highest BCUT2D eigenvalue weighted by atomic mass is 16.3. The highest BCUT2D eigenvalue weighted by molar-refractivity contribution is 5.83. The number of aldehydes is 1. The molecule has 0 saturated heterocycles. The molecule has 2 aromatic carbocycles. The molecule has 0 aliphatic rings. The number of aromatic nitrogens is 3. The van der Waals surface area contributed by atoms with Gasteiger partial charge in [-0.05, 0) is 42.5 Å². The Hall–Kier alpha value is -2.89. The summed E-state index contributed by atoms with van der Waals surface area (Å²) in [6.07, 6.45) is 0.786. The van der Waals surface area contributed by atoms with Gasteiger partial charge in [0.1, 0.15) is 23.1 Å². The Morgan fingerprint density at radius 3 is 2.37 bits per heavy atom. The maximum atomic E-state index is 10.3. The minimum atomic E-state index is 0.249. The predicted molar refractivity (Wildman–Crippen MR) is 71.8 cm³/mol. The third-order valence-corrected chi connectivity index (χ3v) is 2.37. The van der Waals surface area contributed by atoms with Crippen molar-refractivity contribution in [1.82, 2.24) is 15.4 Å². The minimum absolute atomic E-state index is 0.249. The van der Waals surface area contributed by atoms with Gasteiger partial charge in [0.15, 0.2) is 0 Å². The van der Waals surface area contributed by atoms with Crippen molar-refractivity contribution in [2.24, 2.45) is 0 Å². The van der Waals surface area contributed by atoms with Crippen molar-refractivity contribution in [3.63, 3.8) is 0 Å². The molecule has 3 rings (SSSR count). The van der Waals surface area contributed by atoms with Crippen LogP contribution in [0.4, 0.5) is 5.69 Å². The second-order valence-electron chi connectivity index (χ2n) is 3.78. The number of rotatable bonds is 1. The SMILES string of the molecule is Nc1ccc(O)cc1.O=Cc1ccc2n[nH]nc2c1. The lowest BCUT2D eigenvalue weighted by atomic mass is 10.2. The molecule has 0 spiro atoms. The van der Waals surface area contributed by atoms with E-state index >= 15 is 0 Å². The number of anilines is 1. The van der Waals surface area contributed by atoms with E-state index < -0.39 is 0 Å². The van der Waals surface area contributed by atoms with Gasteiger partial charge in [-0.1, -0.05) is 0 Å². The number of hydrogen-bond donors (Lipinski definition) is 3. The van der Waals surface area contributed by atoms with Crippen molar-refractivity contribution in [1.29, 1.82) is 0 Å². The Balaban J connectivity index is 0.000000148. The first-order chi connectivity index (χ1) is 9.19. The monoisotopic (exact) mass is 256 g/mol. The molecule has 6 heteroatoms. The third-order valence-electron chi connectivity index (χ3n) is 2.37. The molecule has 19 heavy (non-hydrogen) atoms. The van der Waals surface area contributed by atoms with Crippen molar-refractivity contribution in [3.8, 4) is 5.75 Å². The van der Waals surface area contributed by atoms with Gasteiger partial charge in [-0.15, -0.1) is 0 Å². The maximum absolute atomic E-state index is 10.3. The van der Waals surface area contributed by atoms with E-state index in [2.05, 4.69) is 15.4 Å². The first-order valence-electron chi connectivity index (χ1n) is 5.49. The minimum Gasteiger partial charge on any atom is -0.508 e. The van der Waals surface area contributed by atoms with Gasteiger partial charge in [-0.2, -0.15) is 15.4 Å². The largest absolute Gasteiger partial charge is 0.508 e. The van der Waals surface area contributed by atoms with E-state index in [-0.39, 0.29) is 5.75 Å². The molecular weight excluding hydrogens is 244 g/mol. The van der Waals surface area contributed by atoms with E-state index in [0.717, 1.165) is 17.3 Å². The first-order valence-corrected chi connectivity index (χ1v) is 5.49. The van der Waals surface area contributed by atoms with Gasteiger partial charge < -0.3 is 10.8 Å². The van der Waals surface area contributed by atoms with E-state index in [0.29, 0.717) is 11.3 Å². The molecule has 0 radical (unpaired) electrons. The second-order valence-corrected chi connectivity index (χ2v) is 3.78. The Morgan fingerprint density at radius 2 is 1.74 bits per heavy atom. The fourth-order valence-electron chi connectivity index (χ4n) is 1.40. The van der Waals surface area contributed by atoms with E-state index in [1.54, 1.807) is 42.5 Å². The van der Waals surface area contributed by atoms with Crippen LogP contribution in [0, 0.1) is 0 Å². The summed E-state index contributed by atoms with van der Waals surface area (Å²) in [5.41, 5.74) is 8.09. The number of carbonyl (C=O) groups is 1. The lowest BCUT2D eigenvalue weighted by molar-refractivity contribution is 0.112. The normalized spacial score (nSPS) is 9.68. The first kappa shape index (κ1) is 12.6. The zero-order valence-electron chi connectivity index (χ0n) is 9.95. The summed E-state index contributed by atoms with van der Waals surface area (Å²) in [5.74, 6) is 0.249. The fourth-order valence-corrected chi connectivity index (χ4v) is 1.40. The number of phenolic OH excluding ortho intramolecular Hbond substituents is 1. The number of hydrogen-bond acceptors (Lipinski definition) is 5. The second kappa shape index (κ2) is 5.63. The predicted octanol–water partition coefficient (Wildman–Crippen LogP) is 1.74. The third kappa shape index (κ3) is 3.29. The quantitative estimate of drug-likeness (QED) is 0.349. The summed E-state index contributed by atoms with van der Waals surface area (Å²) in [4.78, 5) is 10.3. The molecule has 0 amide bonds. The number of aromatic hydroxyl groups is 1. The molecule has 96 valence electrons. The van der Waals surface area contributed by atoms with Crippen molar-refractivity contribution in [2.75, 3.05) is 5.73 Å². The molecule has 0 fully saturated rings. The molecule has 6 nitrogen and oxygen atoms in total. The van der Waals surface area contributed by atoms with Crippen molar-refractivity contribution >= 4 is 23.0 Å². The Bertz CT molecular complexity index is 655. The van der Waals surface area contributed by atoms with Gasteiger partial charge >= 0.3 is 0 Å². The van der Waals surface area contributed by atoms with Crippen LogP contribution in [0.5, 0.6) is 5.75 Å². The molecule has 0 saturated carbocycles. The van der Waals surface area contributed by atoms with Crippen LogP contribution in [0.15, 0.2) is 42.5 Å². The summed E-state index contributed by atoms with van der Waals surface area (Å²) < 4.78 is 0. The topological polar surface area (TPSA) is 105 Å². The highest BCUT2D eigenvalue weighted by Gasteiger charge is 1.97. The molecule has 3 aromatic rings. The van der Waals surface area contributed by atoms with Gasteiger partial charge in [0.2, 0.25) is 0 Å². The number of nitrogens with two attached hydrogens (primary N) is 1. The molecule has 0 bridgehead atoms. The zero-order chi connectivity index (χ0) is 13.7. The van der Waals surface area contributed by atoms with Crippen LogP contribution in [0.25, 0.3) is 11.0 Å². The van der Waals surface area contributed by atoms with E-state index in [9.17, 15) is 4.79 Å². The average molecular weight is 256 g/mol. The zero-order valence-corrected chi connectivity index (χ0v) is 9.95. The van der Waals surface area contributed by atoms with E-state index in [1.807, 2.05) is 0 Å². The number of carbonyl (C=O) groups excluding carboxylic acids is 1. The summed E-state index contributed by atoms with van der Waals surface area (Å²) in [6.45, 7) is 0. The number of nitrogens with zero attached hydrogens (tertiary/aromatic N) is 2. The molecule has 0 aliphatic carbocycles. The van der Waals surface area contributed by atoms with Crippen LogP contribution in [-0.4, -0.2) is 26.8 Å². The molecule has 0 unspecified atom stereocenters. The summed E-state index contributed by atoms with van der Waals surface area (Å²) in [5, 5.41) is 18.8. The van der Waals surface area contributed by atoms with Crippen LogP contribution in [0.3, 0.4) is 0 Å². The number of phenols is 1. The number of aromatic amines is 1. The lowest BCUT2D eigenvalue weighted by Crippen LogP contribution is -1.80. The molecular formula is C13H12N4O2. The Kier molecular flexibility index (Phi) is 3.72. The average Bonchev–Trinajstić information content (AvgIpc) is 2.90. The van der Waals surface area contributed by atoms with Crippen molar-refractivity contribution in [3.05, 3.63) is 48.0 Å². The number of nitrogen functional groups attached to an aromatic ring is 1. The number of benzene rings is 2. The molecule has 0 aliphatic heterocycles. The summed E-state index contributed by atoms with van der Waals surface area (Å²) in [6, 6.07) is 11.5. The summed E-state index contributed by atoms with van der Waals surface area (Å²) in [7, 11) is 0. The van der Waals surface area contributed by atoms with E-state index in [1.165, 1.54) is 0 Å². The fraction of sp³-hybridized carbons (Fsp3) is 0. The lowest BCUT2D eigenvalue weighted by Gasteiger charge is -1.89. The van der Waals surface area contributed by atoms with Gasteiger partial charge in [0, 0.05) is 11.3 Å². The molecule has 4 N–H and O–H groups in total. The van der Waals surface area contributed by atoms with Crippen LogP contribution >= 0.6 is 0 Å². The van der Waals surface area contributed by atoms with Crippen molar-refractivity contribution < 1.29 is 9.90 Å². The Morgan fingerprint density at radius 1 is 1.05 bits per heavy atom. The highest BCUT2D eigenvalue weighted by Crippen LogP contribution is 2.09. The van der Waals surface area contributed by atoms with E-state index in [4.69, 9.17) is 10.8 Å². The number of fused-ring (bicyclic) bond motifs is 1. The summed E-state index contributed by atoms with van der Waals surface area (Å²) >= 11 is 0. The van der Waals surface area contributed by atoms with Gasteiger partial charge in [0.25, 0.3) is 0 Å². The van der Waals surface area contributed by atoms with Crippen molar-refractivity contribution in [2.45, 2.75) is 0 Å². The van der Waals surface area contributed by atoms with Gasteiger partial charge in [-0.25, -0.2) is 0 Å². The molecule has 0 atom stereocenters. The molecule has 1 aromatic heterocycles. The number of H-pyrrole nitrogens is 1. The molecule has 1 heterocycles. The van der Waals surface area contributed by atoms with Crippen LogP contribution in [0.1, 0.15) is 10.4 Å². The maximum Gasteiger partial charge on any atom is 0.150 e. The number of nitrogens with one attached hydrogen (secondary N) is 1. The van der Waals surface area contributed by atoms with Crippen LogP contribution < -0.4 is 5.73 Å². The van der Waals surface area contributed by atoms with Crippen LogP contribution in [0.2, 0.25) is 0 Å². The smallest absolute Gasteiger partial charge is 0.150 e. The van der Waals surface area contributed by atoms with Gasteiger partial charge in [-0.3, -0.25) is 4.79 Å².